The van der Waals surface area contributed by atoms with Gasteiger partial charge in [-0.05, 0) is 94.0 Å². The SMILES string of the molecule is CC1(C)c2ccccc2-c2c1cc1c(c2N2c3ccc(-c4cc5ccccc5o4)cc3Oc3cc(-c4cc5ccccc5o4)ccc32)-c2ccccc2C1(C)C. The molecule has 3 heterocycles. The molecule has 0 saturated heterocycles. The van der Waals surface area contributed by atoms with E-state index in [9.17, 15) is 0 Å². The molecule has 2 aliphatic carbocycles. The summed E-state index contributed by atoms with van der Waals surface area (Å²) in [4.78, 5) is 2.48. The Kier molecular flexibility index (Phi) is 6.15. The van der Waals surface area contributed by atoms with Crippen molar-refractivity contribution in [2.75, 3.05) is 4.90 Å². The maximum Gasteiger partial charge on any atom is 0.152 e. The fourth-order valence-corrected chi connectivity index (χ4v) is 9.81. The van der Waals surface area contributed by atoms with Crippen molar-refractivity contribution in [2.45, 2.75) is 38.5 Å². The molecular formula is C52H37NO3. The Labute approximate surface area is 325 Å². The van der Waals surface area contributed by atoms with Gasteiger partial charge in [0.1, 0.15) is 22.7 Å². The molecule has 268 valence electrons. The fraction of sp³-hybridized carbons (Fsp3) is 0.115. The number of furan rings is 2. The molecule has 0 amide bonds. The summed E-state index contributed by atoms with van der Waals surface area (Å²) in [6.45, 7) is 9.51. The predicted molar refractivity (Wildman–Crippen MR) is 227 cm³/mol. The van der Waals surface area contributed by atoms with E-state index in [-0.39, 0.29) is 10.8 Å². The van der Waals surface area contributed by atoms with E-state index in [1.165, 1.54) is 50.2 Å². The Morgan fingerprint density at radius 3 is 1.36 bits per heavy atom. The number of para-hydroxylation sites is 2. The van der Waals surface area contributed by atoms with Crippen LogP contribution in [0.1, 0.15) is 49.9 Å². The normalized spacial score (nSPS) is 15.2. The van der Waals surface area contributed by atoms with E-state index in [0.29, 0.717) is 0 Å². The molecule has 9 aromatic rings. The molecule has 0 atom stereocenters. The Balaban J connectivity index is 1.16. The first kappa shape index (κ1) is 31.6. The molecule has 56 heavy (non-hydrogen) atoms. The van der Waals surface area contributed by atoms with Crippen molar-refractivity contribution in [3.05, 3.63) is 174 Å². The van der Waals surface area contributed by atoms with Crippen molar-refractivity contribution < 1.29 is 13.6 Å². The van der Waals surface area contributed by atoms with Crippen LogP contribution in [0.2, 0.25) is 0 Å². The van der Waals surface area contributed by atoms with E-state index in [0.717, 1.165) is 67.5 Å². The molecule has 0 unspecified atom stereocenters. The van der Waals surface area contributed by atoms with Gasteiger partial charge < -0.3 is 18.5 Å². The summed E-state index contributed by atoms with van der Waals surface area (Å²) in [5.74, 6) is 3.14. The first-order valence-corrected chi connectivity index (χ1v) is 19.4. The topological polar surface area (TPSA) is 38.8 Å². The van der Waals surface area contributed by atoms with Crippen LogP contribution in [0, 0.1) is 0 Å². The summed E-state index contributed by atoms with van der Waals surface area (Å²) in [5, 5.41) is 2.14. The number of hydrogen-bond acceptors (Lipinski definition) is 4. The second kappa shape index (κ2) is 10.9. The molecule has 0 spiro atoms. The van der Waals surface area contributed by atoms with Crippen LogP contribution >= 0.6 is 0 Å². The molecule has 0 radical (unpaired) electrons. The molecule has 1 aliphatic heterocycles. The highest BCUT2D eigenvalue weighted by Crippen LogP contribution is 2.65. The second-order valence-corrected chi connectivity index (χ2v) is 16.5. The Morgan fingerprint density at radius 1 is 0.429 bits per heavy atom. The number of benzene rings is 7. The minimum atomic E-state index is -0.200. The molecule has 0 bridgehead atoms. The van der Waals surface area contributed by atoms with Gasteiger partial charge in [0.05, 0.1) is 17.1 Å². The lowest BCUT2D eigenvalue weighted by molar-refractivity contribution is 0.477. The molecule has 4 nitrogen and oxygen atoms in total. The summed E-state index contributed by atoms with van der Waals surface area (Å²) in [7, 11) is 0. The molecule has 3 aliphatic rings. The van der Waals surface area contributed by atoms with Crippen LogP contribution in [-0.2, 0) is 10.8 Å². The number of ether oxygens (including phenoxy) is 1. The van der Waals surface area contributed by atoms with Gasteiger partial charge in [-0.3, -0.25) is 0 Å². The van der Waals surface area contributed by atoms with Crippen LogP contribution in [-0.4, -0.2) is 0 Å². The van der Waals surface area contributed by atoms with Crippen molar-refractivity contribution in [3.63, 3.8) is 0 Å². The summed E-state index contributed by atoms with van der Waals surface area (Å²) < 4.78 is 19.8. The summed E-state index contributed by atoms with van der Waals surface area (Å²) in [5.41, 5.74) is 16.9. The van der Waals surface area contributed by atoms with E-state index in [1.807, 2.05) is 36.4 Å². The van der Waals surface area contributed by atoms with Crippen LogP contribution in [0.4, 0.5) is 17.1 Å². The van der Waals surface area contributed by atoms with Gasteiger partial charge in [0.15, 0.2) is 11.5 Å². The maximum atomic E-state index is 7.04. The third kappa shape index (κ3) is 4.19. The molecule has 12 rings (SSSR count). The van der Waals surface area contributed by atoms with Crippen molar-refractivity contribution >= 4 is 39.0 Å². The molecule has 0 N–H and O–H groups in total. The smallest absolute Gasteiger partial charge is 0.152 e. The first-order chi connectivity index (χ1) is 27.3. The van der Waals surface area contributed by atoms with E-state index in [2.05, 4.69) is 148 Å². The van der Waals surface area contributed by atoms with Crippen LogP contribution in [0.3, 0.4) is 0 Å². The van der Waals surface area contributed by atoms with Crippen molar-refractivity contribution in [3.8, 4) is 56.4 Å². The third-order valence-electron chi connectivity index (χ3n) is 12.7. The highest BCUT2D eigenvalue weighted by Gasteiger charge is 2.46. The molecular weight excluding hydrogens is 687 g/mol. The zero-order chi connectivity index (χ0) is 37.5. The summed E-state index contributed by atoms with van der Waals surface area (Å²) >= 11 is 0. The lowest BCUT2D eigenvalue weighted by atomic mass is 9.77. The van der Waals surface area contributed by atoms with Crippen LogP contribution in [0.15, 0.2) is 160 Å². The number of fused-ring (bicyclic) bond motifs is 10. The second-order valence-electron chi connectivity index (χ2n) is 16.5. The number of rotatable bonds is 3. The van der Waals surface area contributed by atoms with E-state index >= 15 is 0 Å². The molecule has 0 fully saturated rings. The zero-order valence-corrected chi connectivity index (χ0v) is 31.6. The van der Waals surface area contributed by atoms with Gasteiger partial charge in [-0.2, -0.15) is 0 Å². The van der Waals surface area contributed by atoms with Crippen LogP contribution in [0.25, 0.3) is 66.8 Å². The van der Waals surface area contributed by atoms with Crippen molar-refractivity contribution in [2.24, 2.45) is 0 Å². The Morgan fingerprint density at radius 2 is 0.875 bits per heavy atom. The number of anilines is 3. The summed E-state index contributed by atoms with van der Waals surface area (Å²) in [6.07, 6.45) is 0. The standard InChI is InChI=1S/C52H37NO3/c1-51(2)36-17-9-7-15-34(36)48-38(51)29-39-49(35-16-8-10-18-37(35)52(39,3)4)50(48)53-40-23-21-32(44-25-30-13-5-11-19-42(30)54-44)27-46(40)56-47-28-33(22-24-41(47)53)45-26-31-14-6-12-20-43(31)55-45/h5-29H,1-4H3. The maximum absolute atomic E-state index is 7.04. The Bertz CT molecular complexity index is 2870. The fourth-order valence-electron chi connectivity index (χ4n) is 9.81. The van der Waals surface area contributed by atoms with E-state index in [4.69, 9.17) is 13.6 Å². The van der Waals surface area contributed by atoms with Gasteiger partial charge in [-0.25, -0.2) is 0 Å². The van der Waals surface area contributed by atoms with Crippen LogP contribution in [0.5, 0.6) is 11.5 Å². The first-order valence-electron chi connectivity index (χ1n) is 19.4. The average molecular weight is 724 g/mol. The minimum absolute atomic E-state index is 0.200. The van der Waals surface area contributed by atoms with Gasteiger partial charge in [0, 0.05) is 43.9 Å². The third-order valence-corrected chi connectivity index (χ3v) is 12.7. The van der Waals surface area contributed by atoms with E-state index in [1.54, 1.807) is 0 Å². The van der Waals surface area contributed by atoms with Crippen molar-refractivity contribution in [1.29, 1.82) is 0 Å². The Hall–Kier alpha value is -6.78. The summed E-state index contributed by atoms with van der Waals surface area (Å²) in [6, 6.07) is 54.0. The highest BCUT2D eigenvalue weighted by atomic mass is 16.5. The lowest BCUT2D eigenvalue weighted by Crippen LogP contribution is -2.21. The van der Waals surface area contributed by atoms with Gasteiger partial charge in [0.2, 0.25) is 0 Å². The van der Waals surface area contributed by atoms with Gasteiger partial charge in [0.25, 0.3) is 0 Å². The molecule has 0 saturated carbocycles. The highest BCUT2D eigenvalue weighted by molar-refractivity contribution is 6.07. The molecule has 7 aromatic carbocycles. The number of nitrogens with zero attached hydrogens (tertiary/aromatic N) is 1. The lowest BCUT2D eigenvalue weighted by Gasteiger charge is -2.37. The van der Waals surface area contributed by atoms with Gasteiger partial charge >= 0.3 is 0 Å². The van der Waals surface area contributed by atoms with Gasteiger partial charge in [-0.1, -0.05) is 119 Å². The quantitative estimate of drug-likeness (QED) is 0.182. The predicted octanol–water partition coefficient (Wildman–Crippen LogP) is 14.7. The van der Waals surface area contributed by atoms with E-state index < -0.39 is 0 Å². The van der Waals surface area contributed by atoms with Crippen molar-refractivity contribution in [1.82, 2.24) is 0 Å². The average Bonchev–Trinajstić information content (AvgIpc) is 3.96. The number of hydrogen-bond donors (Lipinski definition) is 0. The molecule has 2 aromatic heterocycles. The molecule has 4 heteroatoms. The van der Waals surface area contributed by atoms with Gasteiger partial charge in [-0.15, -0.1) is 0 Å². The van der Waals surface area contributed by atoms with Crippen LogP contribution < -0.4 is 9.64 Å². The monoisotopic (exact) mass is 723 g/mol. The zero-order valence-electron chi connectivity index (χ0n) is 31.6. The largest absolute Gasteiger partial charge is 0.456 e. The minimum Gasteiger partial charge on any atom is -0.456 e.